The minimum absolute atomic E-state index is 0. The molecule has 2 aliphatic carbocycles. The first kappa shape index (κ1) is 40.7. The summed E-state index contributed by atoms with van der Waals surface area (Å²) >= 11 is 0. The van der Waals surface area contributed by atoms with Crippen molar-refractivity contribution in [1.29, 1.82) is 0 Å². The minimum Gasteiger partial charge on any atom is -0.748 e. The summed E-state index contributed by atoms with van der Waals surface area (Å²) < 4.78 is 38.8. The van der Waals surface area contributed by atoms with Gasteiger partial charge in [-0.15, -0.1) is 46.8 Å². The monoisotopic (exact) mass is 792 g/mol. The van der Waals surface area contributed by atoms with Crippen LogP contribution in [0.3, 0.4) is 0 Å². The molecule has 1 N–H and O–H groups in total. The molecule has 268 valence electrons. The van der Waals surface area contributed by atoms with Crippen LogP contribution in [0.1, 0.15) is 64.2 Å². The van der Waals surface area contributed by atoms with Crippen molar-refractivity contribution in [3.63, 3.8) is 0 Å². The van der Waals surface area contributed by atoms with Crippen molar-refractivity contribution in [1.82, 2.24) is 0 Å². The molecule has 6 nitrogen and oxygen atoms in total. The Balaban J connectivity index is 0.000000270. The van der Waals surface area contributed by atoms with E-state index in [1.54, 1.807) is 14.2 Å². The maximum Gasteiger partial charge on any atom is 0.118 e. The summed E-state index contributed by atoms with van der Waals surface area (Å²) in [6.07, 6.45) is 14.6. The molecular formula is C40H49NO5PPdS-3. The van der Waals surface area contributed by atoms with E-state index in [1.165, 1.54) is 80.6 Å². The molecule has 4 aromatic carbocycles. The predicted molar refractivity (Wildman–Crippen MR) is 200 cm³/mol. The van der Waals surface area contributed by atoms with Crippen molar-refractivity contribution >= 4 is 29.0 Å². The summed E-state index contributed by atoms with van der Waals surface area (Å²) in [5, 5.41) is 4.64. The number of ether oxygens (including phenoxy) is 2. The third kappa shape index (κ3) is 12.2. The van der Waals surface area contributed by atoms with Gasteiger partial charge in [0.05, 0.1) is 24.3 Å². The zero-order valence-electron chi connectivity index (χ0n) is 29.0. The van der Waals surface area contributed by atoms with Crippen molar-refractivity contribution in [3.05, 3.63) is 97.1 Å². The normalized spacial score (nSPS) is 15.1. The van der Waals surface area contributed by atoms with Gasteiger partial charge >= 0.3 is 0 Å². The maximum absolute atomic E-state index is 9.08. The Morgan fingerprint density at radius 2 is 1.22 bits per heavy atom. The summed E-state index contributed by atoms with van der Waals surface area (Å²) in [4.78, 5) is 0. The van der Waals surface area contributed by atoms with Gasteiger partial charge in [0, 0.05) is 39.3 Å². The molecule has 0 aliphatic heterocycles. The van der Waals surface area contributed by atoms with Crippen molar-refractivity contribution < 1.29 is 42.9 Å². The van der Waals surface area contributed by atoms with Crippen LogP contribution in [0.5, 0.6) is 11.5 Å². The molecule has 2 aliphatic rings. The summed E-state index contributed by atoms with van der Waals surface area (Å²) in [5.74, 6) is 1.79. The fraction of sp³-hybridized carbons (Fsp3) is 0.400. The number of methoxy groups -OCH3 is 2. The molecule has 0 unspecified atom stereocenters. The summed E-state index contributed by atoms with van der Waals surface area (Å²) in [6.45, 7) is 0. The van der Waals surface area contributed by atoms with Crippen LogP contribution in [0, 0.1) is 12.1 Å². The second-order valence-corrected chi connectivity index (χ2v) is 16.4. The van der Waals surface area contributed by atoms with E-state index in [-0.39, 0.29) is 28.3 Å². The molecule has 2 fully saturated rings. The number of hydrogen-bond acceptors (Lipinski definition) is 6. The largest absolute Gasteiger partial charge is 0.748 e. The van der Waals surface area contributed by atoms with E-state index >= 15 is 0 Å². The third-order valence-electron chi connectivity index (χ3n) is 8.92. The first-order chi connectivity index (χ1) is 23.2. The molecule has 0 amide bonds. The van der Waals surface area contributed by atoms with Crippen molar-refractivity contribution in [3.8, 4) is 33.8 Å². The molecule has 4 aromatic rings. The van der Waals surface area contributed by atoms with E-state index in [1.807, 2.05) is 43.4 Å². The molecule has 2 saturated carbocycles. The van der Waals surface area contributed by atoms with E-state index < -0.39 is 10.1 Å². The van der Waals surface area contributed by atoms with Crippen molar-refractivity contribution in [2.45, 2.75) is 75.5 Å². The van der Waals surface area contributed by atoms with Gasteiger partial charge in [-0.3, -0.25) is 0 Å². The number of para-hydroxylation sites is 1. The van der Waals surface area contributed by atoms with Crippen molar-refractivity contribution in [2.75, 3.05) is 32.8 Å². The fourth-order valence-corrected chi connectivity index (χ4v) is 10.7. The SMILES string of the molecule is CNc1ccccc1-c1[c-]cccc1.COc1cccc(OC)c1-c1ccc[c-]c1P(C1CCCCC1)C1CCCCC1.CS(=O)(=O)[O-].[Pd]. The van der Waals surface area contributed by atoms with Gasteiger partial charge in [0.1, 0.15) is 11.5 Å². The van der Waals surface area contributed by atoms with Gasteiger partial charge in [-0.25, -0.2) is 8.42 Å². The van der Waals surface area contributed by atoms with E-state index in [2.05, 4.69) is 66.0 Å². The summed E-state index contributed by atoms with van der Waals surface area (Å²) in [7, 11) is 1.30. The zero-order valence-corrected chi connectivity index (χ0v) is 32.3. The number of rotatable bonds is 8. The Morgan fingerprint density at radius 1 is 0.714 bits per heavy atom. The molecule has 0 spiro atoms. The van der Waals surface area contributed by atoms with Crippen LogP contribution >= 0.6 is 7.92 Å². The van der Waals surface area contributed by atoms with Crippen LogP contribution in [-0.2, 0) is 30.5 Å². The Hall–Kier alpha value is -2.72. The molecule has 0 heterocycles. The van der Waals surface area contributed by atoms with Crippen LogP contribution < -0.4 is 20.1 Å². The van der Waals surface area contributed by atoms with Gasteiger partial charge in [0.15, 0.2) is 0 Å². The number of benzene rings is 4. The minimum atomic E-state index is -3.92. The van der Waals surface area contributed by atoms with Crippen molar-refractivity contribution in [2.24, 2.45) is 0 Å². The fourth-order valence-electron chi connectivity index (χ4n) is 6.84. The standard InChI is InChI=1S/C26H34O2P.C13H12N.CH4O3S.Pd/c1-27-23-17-11-18-24(28-2)26(23)22-16-9-10-19-25(22)29(20-12-5-3-6-13-20)21-14-7-4-8-15-21;1-14-13-10-6-5-9-12(13)11-7-3-2-4-8-11;1-5(2,3)4;/h9-11,16-18,20-21H,3-8,12-15H2,1-2H3;2-7,9-10,14H,1H3;1H3,(H,2,3,4);/q2*-1;;/p-1. The topological polar surface area (TPSA) is 87.7 Å². The molecule has 0 atom stereocenters. The van der Waals surface area contributed by atoms with Gasteiger partial charge < -0.3 is 19.3 Å². The molecule has 6 rings (SSSR count). The predicted octanol–water partition coefficient (Wildman–Crippen LogP) is 9.30. The van der Waals surface area contributed by atoms with E-state index in [0.29, 0.717) is 6.26 Å². The van der Waals surface area contributed by atoms with Gasteiger partial charge in [0.25, 0.3) is 0 Å². The Bertz CT molecular complexity index is 1610. The average molecular weight is 793 g/mol. The molecule has 49 heavy (non-hydrogen) atoms. The Labute approximate surface area is 309 Å². The average Bonchev–Trinajstić information content (AvgIpc) is 3.12. The maximum atomic E-state index is 9.08. The van der Waals surface area contributed by atoms with Crippen LogP contribution in [0.25, 0.3) is 22.3 Å². The second kappa shape index (κ2) is 20.8. The van der Waals surface area contributed by atoms with E-state index in [4.69, 9.17) is 22.4 Å². The van der Waals surface area contributed by atoms with Crippen LogP contribution in [0.2, 0.25) is 0 Å². The molecule has 0 saturated heterocycles. The molecule has 0 bridgehead atoms. The van der Waals surface area contributed by atoms with Crippen LogP contribution in [-0.4, -0.2) is 51.8 Å². The summed E-state index contributed by atoms with van der Waals surface area (Å²) in [5.41, 5.74) is 7.52. The number of anilines is 1. The van der Waals surface area contributed by atoms with Gasteiger partial charge in [-0.1, -0.05) is 76.3 Å². The smallest absolute Gasteiger partial charge is 0.118 e. The number of nitrogens with one attached hydrogen (secondary N) is 1. The Morgan fingerprint density at radius 3 is 1.73 bits per heavy atom. The van der Waals surface area contributed by atoms with Gasteiger partial charge in [-0.2, -0.15) is 24.3 Å². The van der Waals surface area contributed by atoms with Crippen LogP contribution in [0.15, 0.2) is 84.9 Å². The number of hydrogen-bond donors (Lipinski definition) is 1. The molecule has 0 aromatic heterocycles. The zero-order chi connectivity index (χ0) is 34.4. The molecule has 0 radical (unpaired) electrons. The van der Waals surface area contributed by atoms with Crippen LogP contribution in [0.4, 0.5) is 5.69 Å². The molecular weight excluding hydrogens is 744 g/mol. The van der Waals surface area contributed by atoms with E-state index in [0.717, 1.165) is 39.6 Å². The first-order valence-corrected chi connectivity index (χ1v) is 20.2. The van der Waals surface area contributed by atoms with E-state index in [9.17, 15) is 0 Å². The quantitative estimate of drug-likeness (QED) is 0.0829. The van der Waals surface area contributed by atoms with Gasteiger partial charge in [-0.05, 0) is 60.9 Å². The Kier molecular flexibility index (Phi) is 17.3. The second-order valence-electron chi connectivity index (χ2n) is 12.2. The molecule has 9 heteroatoms. The summed E-state index contributed by atoms with van der Waals surface area (Å²) in [6, 6.07) is 35.8. The first-order valence-electron chi connectivity index (χ1n) is 16.9. The van der Waals surface area contributed by atoms with Gasteiger partial charge in [0.2, 0.25) is 0 Å². The third-order valence-corrected chi connectivity index (χ3v) is 12.4.